The molecule has 2 N–H and O–H groups in total. The molecular weight excluding hydrogens is 314 g/mol. The molecule has 140 valence electrons. The predicted molar refractivity (Wildman–Crippen MR) is 103 cm³/mol. The molecule has 1 saturated heterocycles. The van der Waals surface area contributed by atoms with Crippen LogP contribution in [0.25, 0.3) is 0 Å². The molecule has 0 atom stereocenters. The van der Waals surface area contributed by atoms with Gasteiger partial charge in [-0.25, -0.2) is 0 Å². The molecule has 25 heavy (non-hydrogen) atoms. The Bertz CT molecular complexity index is 525. The van der Waals surface area contributed by atoms with E-state index in [1.807, 2.05) is 7.05 Å². The Hall–Kier alpha value is -1.59. The Labute approximate surface area is 152 Å². The first-order valence-electron chi connectivity index (χ1n) is 9.39. The number of rotatable bonds is 8. The first-order chi connectivity index (χ1) is 12.2. The number of nitrogens with one attached hydrogen (secondary N) is 2. The number of nitrogens with zero attached hydrogens (tertiary/aromatic N) is 1. The van der Waals surface area contributed by atoms with Gasteiger partial charge in [-0.1, -0.05) is 38.1 Å². The van der Waals surface area contributed by atoms with E-state index in [0.29, 0.717) is 18.6 Å². The highest BCUT2D eigenvalue weighted by atomic mass is 16.5. The third kappa shape index (κ3) is 7.88. The lowest BCUT2D eigenvalue weighted by Crippen LogP contribution is -2.37. The average molecular weight is 348 g/mol. The van der Waals surface area contributed by atoms with Crippen LogP contribution in [-0.4, -0.2) is 38.9 Å². The number of benzene rings is 1. The highest BCUT2D eigenvalue weighted by Crippen LogP contribution is 2.14. The van der Waals surface area contributed by atoms with Crippen molar-refractivity contribution < 1.29 is 9.47 Å². The van der Waals surface area contributed by atoms with Crippen molar-refractivity contribution in [3.8, 4) is 0 Å². The summed E-state index contributed by atoms with van der Waals surface area (Å²) in [6.07, 6.45) is 3.47. The van der Waals surface area contributed by atoms with Gasteiger partial charge >= 0.3 is 0 Å². The van der Waals surface area contributed by atoms with Gasteiger partial charge in [0.2, 0.25) is 0 Å². The van der Waals surface area contributed by atoms with Crippen LogP contribution in [0.1, 0.15) is 44.2 Å². The normalized spacial score (nSPS) is 16.2. The van der Waals surface area contributed by atoms with E-state index in [2.05, 4.69) is 53.7 Å². The molecule has 0 unspecified atom stereocenters. The van der Waals surface area contributed by atoms with E-state index in [0.717, 1.165) is 51.5 Å². The standard InChI is InChI=1S/C20H33N3O2/c1-16(2)7-10-22-20(21-3)23-14-17-5-4-6-18(13-17)15-25-19-8-11-24-12-9-19/h4-6,13,16,19H,7-12,14-15H2,1-3H3,(H2,21,22,23). The van der Waals surface area contributed by atoms with Crippen LogP contribution in [0.2, 0.25) is 0 Å². The number of guanidine groups is 1. The largest absolute Gasteiger partial charge is 0.381 e. The summed E-state index contributed by atoms with van der Waals surface area (Å²) in [7, 11) is 1.81. The Morgan fingerprint density at radius 1 is 1.24 bits per heavy atom. The van der Waals surface area contributed by atoms with E-state index in [1.54, 1.807) is 0 Å². The van der Waals surface area contributed by atoms with Crippen molar-refractivity contribution in [2.45, 2.75) is 52.4 Å². The van der Waals surface area contributed by atoms with Crippen molar-refractivity contribution in [2.24, 2.45) is 10.9 Å². The molecule has 1 aliphatic rings. The molecule has 0 radical (unpaired) electrons. The monoisotopic (exact) mass is 347 g/mol. The summed E-state index contributed by atoms with van der Waals surface area (Å²) >= 11 is 0. The minimum absolute atomic E-state index is 0.333. The first kappa shape index (κ1) is 19.7. The van der Waals surface area contributed by atoms with Crippen LogP contribution in [0.3, 0.4) is 0 Å². The highest BCUT2D eigenvalue weighted by molar-refractivity contribution is 5.79. The number of hydrogen-bond donors (Lipinski definition) is 2. The molecule has 5 nitrogen and oxygen atoms in total. The van der Waals surface area contributed by atoms with Gasteiger partial charge in [0.15, 0.2) is 5.96 Å². The van der Waals surface area contributed by atoms with Gasteiger partial charge in [-0.15, -0.1) is 0 Å². The molecule has 1 aromatic carbocycles. The van der Waals surface area contributed by atoms with E-state index in [9.17, 15) is 0 Å². The fraction of sp³-hybridized carbons (Fsp3) is 0.650. The Morgan fingerprint density at radius 2 is 2.00 bits per heavy atom. The molecule has 5 heteroatoms. The lowest BCUT2D eigenvalue weighted by atomic mass is 10.1. The highest BCUT2D eigenvalue weighted by Gasteiger charge is 2.14. The van der Waals surface area contributed by atoms with Crippen LogP contribution >= 0.6 is 0 Å². The summed E-state index contributed by atoms with van der Waals surface area (Å²) in [5.41, 5.74) is 2.45. The zero-order chi connectivity index (χ0) is 17.9. The summed E-state index contributed by atoms with van der Waals surface area (Å²) < 4.78 is 11.4. The van der Waals surface area contributed by atoms with Crippen LogP contribution < -0.4 is 10.6 Å². The van der Waals surface area contributed by atoms with Crippen LogP contribution in [0.4, 0.5) is 0 Å². The molecule has 0 bridgehead atoms. The second-order valence-electron chi connectivity index (χ2n) is 6.98. The summed E-state index contributed by atoms with van der Waals surface area (Å²) in [6, 6.07) is 8.55. The van der Waals surface area contributed by atoms with Gasteiger partial charge in [-0.3, -0.25) is 4.99 Å². The zero-order valence-corrected chi connectivity index (χ0v) is 15.9. The maximum atomic E-state index is 6.01. The number of hydrogen-bond acceptors (Lipinski definition) is 3. The molecule has 1 aromatic rings. The molecule has 0 saturated carbocycles. The molecule has 0 aromatic heterocycles. The third-order valence-electron chi connectivity index (χ3n) is 4.34. The molecule has 0 aliphatic carbocycles. The number of aliphatic imine (C=N–C) groups is 1. The van der Waals surface area contributed by atoms with Gasteiger partial charge in [0.1, 0.15) is 0 Å². The van der Waals surface area contributed by atoms with Crippen molar-refractivity contribution in [1.82, 2.24) is 10.6 Å². The lowest BCUT2D eigenvalue weighted by Gasteiger charge is -2.22. The van der Waals surface area contributed by atoms with Gasteiger partial charge in [0.05, 0.1) is 12.7 Å². The zero-order valence-electron chi connectivity index (χ0n) is 15.9. The Kier molecular flexibility index (Phi) is 8.77. The van der Waals surface area contributed by atoms with Crippen molar-refractivity contribution in [3.63, 3.8) is 0 Å². The fourth-order valence-electron chi connectivity index (χ4n) is 2.77. The van der Waals surface area contributed by atoms with Crippen LogP contribution in [-0.2, 0) is 22.6 Å². The van der Waals surface area contributed by atoms with Gasteiger partial charge in [0, 0.05) is 33.4 Å². The van der Waals surface area contributed by atoms with Gasteiger partial charge in [0.25, 0.3) is 0 Å². The van der Waals surface area contributed by atoms with Gasteiger partial charge in [-0.05, 0) is 36.3 Å². The fourth-order valence-corrected chi connectivity index (χ4v) is 2.77. The van der Waals surface area contributed by atoms with Gasteiger partial charge < -0.3 is 20.1 Å². The van der Waals surface area contributed by atoms with Gasteiger partial charge in [-0.2, -0.15) is 0 Å². The smallest absolute Gasteiger partial charge is 0.191 e. The van der Waals surface area contributed by atoms with E-state index < -0.39 is 0 Å². The summed E-state index contributed by atoms with van der Waals surface area (Å²) in [5, 5.41) is 6.73. The lowest BCUT2D eigenvalue weighted by molar-refractivity contribution is -0.0390. The van der Waals surface area contributed by atoms with Crippen molar-refractivity contribution in [1.29, 1.82) is 0 Å². The van der Waals surface area contributed by atoms with Crippen LogP contribution in [0.15, 0.2) is 29.3 Å². The van der Waals surface area contributed by atoms with E-state index in [4.69, 9.17) is 9.47 Å². The van der Waals surface area contributed by atoms with E-state index in [1.165, 1.54) is 11.1 Å². The van der Waals surface area contributed by atoms with E-state index in [-0.39, 0.29) is 0 Å². The molecule has 1 aliphatic heterocycles. The minimum atomic E-state index is 0.333. The second-order valence-corrected chi connectivity index (χ2v) is 6.98. The third-order valence-corrected chi connectivity index (χ3v) is 4.34. The Morgan fingerprint density at radius 3 is 2.72 bits per heavy atom. The summed E-state index contributed by atoms with van der Waals surface area (Å²) in [5.74, 6) is 1.54. The van der Waals surface area contributed by atoms with Crippen molar-refractivity contribution in [3.05, 3.63) is 35.4 Å². The van der Waals surface area contributed by atoms with Crippen LogP contribution in [0, 0.1) is 5.92 Å². The minimum Gasteiger partial charge on any atom is -0.381 e. The maximum absolute atomic E-state index is 6.01. The Balaban J connectivity index is 1.75. The molecule has 0 spiro atoms. The quantitative estimate of drug-likeness (QED) is 0.560. The molecular formula is C20H33N3O2. The summed E-state index contributed by atoms with van der Waals surface area (Å²) in [6.45, 7) is 8.45. The van der Waals surface area contributed by atoms with Crippen LogP contribution in [0.5, 0.6) is 0 Å². The molecule has 1 fully saturated rings. The topological polar surface area (TPSA) is 54.9 Å². The molecule has 1 heterocycles. The first-order valence-corrected chi connectivity index (χ1v) is 9.39. The van der Waals surface area contributed by atoms with Crippen molar-refractivity contribution in [2.75, 3.05) is 26.8 Å². The van der Waals surface area contributed by atoms with Crippen molar-refractivity contribution >= 4 is 5.96 Å². The molecule has 2 rings (SSSR count). The average Bonchev–Trinajstić information content (AvgIpc) is 2.64. The summed E-state index contributed by atoms with van der Waals surface area (Å²) in [4.78, 5) is 4.28. The second kappa shape index (κ2) is 11.1. The molecule has 0 amide bonds. The predicted octanol–water partition coefficient (Wildman–Crippen LogP) is 3.09. The maximum Gasteiger partial charge on any atom is 0.191 e. The number of ether oxygens (including phenoxy) is 2. The SMILES string of the molecule is CN=C(NCCC(C)C)NCc1cccc(COC2CCOCC2)c1. The van der Waals surface area contributed by atoms with E-state index >= 15 is 0 Å².